The Kier molecular flexibility index (Phi) is 4.74. The predicted octanol–water partition coefficient (Wildman–Crippen LogP) is 2.13. The molecule has 0 saturated carbocycles. The van der Waals surface area contributed by atoms with Crippen LogP contribution in [0.15, 0.2) is 24.3 Å². The zero-order valence-electron chi connectivity index (χ0n) is 11.0. The van der Waals surface area contributed by atoms with Crippen molar-refractivity contribution in [2.24, 2.45) is 0 Å². The van der Waals surface area contributed by atoms with Gasteiger partial charge >= 0.3 is 0 Å². The summed E-state index contributed by atoms with van der Waals surface area (Å²) in [5, 5.41) is 12.2. The summed E-state index contributed by atoms with van der Waals surface area (Å²) < 4.78 is 0. The van der Waals surface area contributed by atoms with Crippen LogP contribution < -0.4 is 5.32 Å². The highest BCUT2D eigenvalue weighted by atomic mass is 15.2. The van der Waals surface area contributed by atoms with E-state index in [-0.39, 0.29) is 0 Å². The fraction of sp³-hybridized carbons (Fsp3) is 0.533. The molecule has 0 radical (unpaired) electrons. The van der Waals surface area contributed by atoms with Gasteiger partial charge in [0, 0.05) is 12.6 Å². The molecule has 1 aromatic rings. The van der Waals surface area contributed by atoms with Crippen molar-refractivity contribution in [2.75, 3.05) is 19.6 Å². The Hall–Kier alpha value is -1.37. The minimum Gasteiger partial charge on any atom is -0.317 e. The molecule has 1 aromatic carbocycles. The Morgan fingerprint density at radius 1 is 1.28 bits per heavy atom. The third kappa shape index (κ3) is 3.32. The lowest BCUT2D eigenvalue weighted by Gasteiger charge is -2.33. The van der Waals surface area contributed by atoms with Gasteiger partial charge in [-0.05, 0) is 50.2 Å². The van der Waals surface area contributed by atoms with Crippen LogP contribution in [-0.4, -0.2) is 30.6 Å². The smallest absolute Gasteiger partial charge is 0.0991 e. The van der Waals surface area contributed by atoms with Gasteiger partial charge in [-0.1, -0.05) is 19.1 Å². The van der Waals surface area contributed by atoms with Crippen LogP contribution in [0.1, 0.15) is 30.9 Å². The zero-order valence-corrected chi connectivity index (χ0v) is 11.0. The number of hydrogen-bond donors (Lipinski definition) is 1. The molecule has 3 nitrogen and oxygen atoms in total. The maximum atomic E-state index is 8.79. The number of nitriles is 1. The monoisotopic (exact) mass is 243 g/mol. The number of nitrogens with zero attached hydrogens (tertiary/aromatic N) is 2. The van der Waals surface area contributed by atoms with Crippen LogP contribution in [0.3, 0.4) is 0 Å². The first-order chi connectivity index (χ1) is 8.83. The fourth-order valence-electron chi connectivity index (χ4n) is 2.59. The van der Waals surface area contributed by atoms with E-state index in [0.29, 0.717) is 6.04 Å². The van der Waals surface area contributed by atoms with Gasteiger partial charge in [0.2, 0.25) is 0 Å². The molecule has 0 atom stereocenters. The molecule has 1 N–H and O–H groups in total. The van der Waals surface area contributed by atoms with Crippen LogP contribution in [0, 0.1) is 11.3 Å². The Morgan fingerprint density at radius 2 is 1.94 bits per heavy atom. The topological polar surface area (TPSA) is 39.1 Å². The second-order valence-electron chi connectivity index (χ2n) is 4.85. The largest absolute Gasteiger partial charge is 0.317 e. The minimum atomic E-state index is 0.701. The van der Waals surface area contributed by atoms with Crippen LogP contribution in [0.25, 0.3) is 0 Å². The normalized spacial score (nSPS) is 16.7. The second-order valence-corrected chi connectivity index (χ2v) is 4.85. The van der Waals surface area contributed by atoms with E-state index in [2.05, 4.69) is 35.3 Å². The number of benzene rings is 1. The molecule has 1 heterocycles. The van der Waals surface area contributed by atoms with Crippen LogP contribution in [0.5, 0.6) is 0 Å². The predicted molar refractivity (Wildman–Crippen MR) is 73.1 cm³/mol. The summed E-state index contributed by atoms with van der Waals surface area (Å²) in [6.45, 7) is 6.58. The lowest BCUT2D eigenvalue weighted by Crippen LogP contribution is -2.42. The molecule has 0 amide bonds. The summed E-state index contributed by atoms with van der Waals surface area (Å²) in [5.41, 5.74) is 2.04. The first-order valence-electron chi connectivity index (χ1n) is 6.77. The van der Waals surface area contributed by atoms with Crippen LogP contribution >= 0.6 is 0 Å². The molecule has 96 valence electrons. The van der Waals surface area contributed by atoms with Crippen molar-refractivity contribution in [3.8, 4) is 6.07 Å². The van der Waals surface area contributed by atoms with Gasteiger partial charge in [0.05, 0.1) is 11.6 Å². The van der Waals surface area contributed by atoms with Gasteiger partial charge < -0.3 is 5.32 Å². The van der Waals surface area contributed by atoms with E-state index < -0.39 is 0 Å². The maximum Gasteiger partial charge on any atom is 0.0991 e. The molecule has 0 aliphatic carbocycles. The molecule has 3 heteroatoms. The molecule has 0 bridgehead atoms. The van der Waals surface area contributed by atoms with Gasteiger partial charge in [-0.15, -0.1) is 0 Å². The molecule has 1 fully saturated rings. The third-order valence-corrected chi connectivity index (χ3v) is 3.70. The summed E-state index contributed by atoms with van der Waals surface area (Å²) in [5.74, 6) is 0. The van der Waals surface area contributed by atoms with Crippen molar-refractivity contribution in [2.45, 2.75) is 32.4 Å². The van der Waals surface area contributed by atoms with E-state index in [1.807, 2.05) is 12.1 Å². The zero-order chi connectivity index (χ0) is 12.8. The van der Waals surface area contributed by atoms with E-state index in [0.717, 1.165) is 31.7 Å². The molecule has 2 rings (SSSR count). The van der Waals surface area contributed by atoms with Crippen molar-refractivity contribution in [1.29, 1.82) is 5.26 Å². The average Bonchev–Trinajstić information content (AvgIpc) is 2.46. The van der Waals surface area contributed by atoms with Crippen molar-refractivity contribution < 1.29 is 0 Å². The summed E-state index contributed by atoms with van der Waals surface area (Å²) in [6, 6.07) is 10.8. The summed E-state index contributed by atoms with van der Waals surface area (Å²) in [6.07, 6.45) is 2.48. The van der Waals surface area contributed by atoms with Crippen LogP contribution in [0.4, 0.5) is 0 Å². The van der Waals surface area contributed by atoms with Crippen LogP contribution in [0.2, 0.25) is 0 Å². The lowest BCUT2D eigenvalue weighted by atomic mass is 10.0. The van der Waals surface area contributed by atoms with Gasteiger partial charge in [0.25, 0.3) is 0 Å². The van der Waals surface area contributed by atoms with Gasteiger partial charge in [-0.25, -0.2) is 0 Å². The summed E-state index contributed by atoms with van der Waals surface area (Å²) in [4.78, 5) is 2.54. The molecule has 0 unspecified atom stereocenters. The molecule has 1 aliphatic heterocycles. The van der Waals surface area contributed by atoms with Crippen molar-refractivity contribution in [1.82, 2.24) is 10.2 Å². The molecule has 18 heavy (non-hydrogen) atoms. The Morgan fingerprint density at radius 3 is 2.50 bits per heavy atom. The SMILES string of the molecule is CCN(Cc1ccc(C#N)cc1)C1CCNCC1. The van der Waals surface area contributed by atoms with Gasteiger partial charge in [-0.2, -0.15) is 5.26 Å². The summed E-state index contributed by atoms with van der Waals surface area (Å²) >= 11 is 0. The maximum absolute atomic E-state index is 8.79. The van der Waals surface area contributed by atoms with Gasteiger partial charge in [-0.3, -0.25) is 4.90 Å². The number of nitrogens with one attached hydrogen (secondary N) is 1. The van der Waals surface area contributed by atoms with Gasteiger partial charge in [0.15, 0.2) is 0 Å². The van der Waals surface area contributed by atoms with Crippen molar-refractivity contribution in [3.05, 3.63) is 35.4 Å². The quantitative estimate of drug-likeness (QED) is 0.880. The highest BCUT2D eigenvalue weighted by Gasteiger charge is 2.19. The Balaban J connectivity index is 1.98. The van der Waals surface area contributed by atoms with Crippen molar-refractivity contribution in [3.63, 3.8) is 0 Å². The van der Waals surface area contributed by atoms with Gasteiger partial charge in [0.1, 0.15) is 0 Å². The van der Waals surface area contributed by atoms with E-state index in [4.69, 9.17) is 5.26 Å². The second kappa shape index (κ2) is 6.53. The molecular formula is C15H21N3. The first kappa shape index (κ1) is 13.1. The number of hydrogen-bond acceptors (Lipinski definition) is 3. The molecule has 0 spiro atoms. The number of rotatable bonds is 4. The number of piperidine rings is 1. The molecule has 0 aromatic heterocycles. The van der Waals surface area contributed by atoms with E-state index in [1.54, 1.807) is 0 Å². The van der Waals surface area contributed by atoms with E-state index >= 15 is 0 Å². The highest BCUT2D eigenvalue weighted by Crippen LogP contribution is 2.15. The standard InChI is InChI=1S/C15H21N3/c1-2-18(15-7-9-17-10-8-15)12-14-5-3-13(11-16)4-6-14/h3-6,15,17H,2,7-10,12H2,1H3. The first-order valence-corrected chi connectivity index (χ1v) is 6.77. The van der Waals surface area contributed by atoms with Crippen molar-refractivity contribution >= 4 is 0 Å². The highest BCUT2D eigenvalue weighted by molar-refractivity contribution is 5.31. The lowest BCUT2D eigenvalue weighted by molar-refractivity contribution is 0.162. The van der Waals surface area contributed by atoms with E-state index in [1.165, 1.54) is 18.4 Å². The average molecular weight is 243 g/mol. The Bertz CT molecular complexity index is 399. The minimum absolute atomic E-state index is 0.701. The Labute approximate surface area is 109 Å². The fourth-order valence-corrected chi connectivity index (χ4v) is 2.59. The molecule has 1 saturated heterocycles. The summed E-state index contributed by atoms with van der Waals surface area (Å²) in [7, 11) is 0. The third-order valence-electron chi connectivity index (χ3n) is 3.70. The van der Waals surface area contributed by atoms with E-state index in [9.17, 15) is 0 Å². The molecule has 1 aliphatic rings. The van der Waals surface area contributed by atoms with Crippen LogP contribution in [-0.2, 0) is 6.54 Å². The molecular weight excluding hydrogens is 222 g/mol.